The number of rotatable bonds is 7. The number of nitrogens with one attached hydrogen (secondary N) is 1. The molecule has 3 rings (SSSR count). The Morgan fingerprint density at radius 3 is 2.78 bits per heavy atom. The summed E-state index contributed by atoms with van der Waals surface area (Å²) in [5.41, 5.74) is 3.80. The van der Waals surface area contributed by atoms with Gasteiger partial charge in [-0.1, -0.05) is 31.5 Å². The van der Waals surface area contributed by atoms with Gasteiger partial charge in [-0.2, -0.15) is 0 Å². The van der Waals surface area contributed by atoms with E-state index < -0.39 is 0 Å². The number of hydrogen-bond acceptors (Lipinski definition) is 3. The molecule has 2 aromatic carbocycles. The van der Waals surface area contributed by atoms with E-state index in [0.717, 1.165) is 41.9 Å². The molecule has 0 bridgehead atoms. The van der Waals surface area contributed by atoms with Crippen LogP contribution in [-0.4, -0.2) is 25.0 Å². The molecule has 1 N–H and O–H groups in total. The van der Waals surface area contributed by atoms with Crippen molar-refractivity contribution in [1.82, 2.24) is 0 Å². The Morgan fingerprint density at radius 2 is 2.00 bits per heavy atom. The highest BCUT2D eigenvalue weighted by atomic mass is 16.5. The molecule has 0 aliphatic carbocycles. The summed E-state index contributed by atoms with van der Waals surface area (Å²) in [5, 5.41) is 2.88. The molecule has 2 amide bonds. The monoisotopic (exact) mass is 366 g/mol. The Morgan fingerprint density at radius 1 is 1.19 bits per heavy atom. The van der Waals surface area contributed by atoms with E-state index in [9.17, 15) is 9.59 Å². The van der Waals surface area contributed by atoms with Crippen molar-refractivity contribution in [3.05, 3.63) is 53.6 Å². The lowest BCUT2D eigenvalue weighted by atomic mass is 10.00. The zero-order valence-corrected chi connectivity index (χ0v) is 16.0. The number of benzene rings is 2. The first-order chi connectivity index (χ1) is 13.1. The topological polar surface area (TPSA) is 58.6 Å². The Kier molecular flexibility index (Phi) is 6.12. The number of anilines is 2. The van der Waals surface area contributed by atoms with Gasteiger partial charge in [0.05, 0.1) is 0 Å². The van der Waals surface area contributed by atoms with Gasteiger partial charge in [0.15, 0.2) is 6.61 Å². The first-order valence-electron chi connectivity index (χ1n) is 9.50. The number of aryl methyl sites for hydroxylation is 2. The molecule has 0 atom stereocenters. The lowest BCUT2D eigenvalue weighted by molar-refractivity contribution is -0.119. The molecule has 142 valence electrons. The van der Waals surface area contributed by atoms with Gasteiger partial charge in [-0.05, 0) is 55.2 Å². The minimum absolute atomic E-state index is 0.0386. The van der Waals surface area contributed by atoms with Crippen molar-refractivity contribution >= 4 is 23.2 Å². The summed E-state index contributed by atoms with van der Waals surface area (Å²) in [6.45, 7) is 4.77. The molecule has 0 radical (unpaired) electrons. The van der Waals surface area contributed by atoms with Gasteiger partial charge < -0.3 is 15.0 Å². The smallest absolute Gasteiger partial charge is 0.262 e. The fourth-order valence-electron chi connectivity index (χ4n) is 3.26. The molecule has 0 aromatic heterocycles. The largest absolute Gasteiger partial charge is 0.483 e. The number of hydrogen-bond donors (Lipinski definition) is 1. The van der Waals surface area contributed by atoms with Crippen molar-refractivity contribution in [2.45, 2.75) is 39.5 Å². The molecule has 27 heavy (non-hydrogen) atoms. The quantitative estimate of drug-likeness (QED) is 0.803. The van der Waals surface area contributed by atoms with Crippen molar-refractivity contribution in [2.75, 3.05) is 23.4 Å². The third-order valence-electron chi connectivity index (χ3n) is 4.75. The lowest BCUT2D eigenvalue weighted by Gasteiger charge is -2.29. The molecule has 5 heteroatoms. The van der Waals surface area contributed by atoms with Crippen LogP contribution in [0.5, 0.6) is 5.75 Å². The SMILES string of the molecule is CCCCN1C(=O)CCc2cc(NC(=O)COc3ccccc3C)ccc21. The number of nitrogens with zero attached hydrogens (tertiary/aromatic N) is 1. The van der Waals surface area contributed by atoms with Crippen molar-refractivity contribution < 1.29 is 14.3 Å². The average Bonchev–Trinajstić information content (AvgIpc) is 2.67. The predicted octanol–water partition coefficient (Wildman–Crippen LogP) is 4.09. The summed E-state index contributed by atoms with van der Waals surface area (Å²) in [4.78, 5) is 26.3. The normalized spacial score (nSPS) is 13.3. The molecular formula is C22H26N2O3. The third kappa shape index (κ3) is 4.67. The maximum atomic E-state index is 12.2. The molecule has 5 nitrogen and oxygen atoms in total. The first kappa shape index (κ1) is 19.0. The highest BCUT2D eigenvalue weighted by Gasteiger charge is 2.23. The van der Waals surface area contributed by atoms with E-state index in [-0.39, 0.29) is 18.4 Å². The van der Waals surface area contributed by atoms with Gasteiger partial charge in [-0.3, -0.25) is 9.59 Å². The van der Waals surface area contributed by atoms with Crippen LogP contribution in [0, 0.1) is 6.92 Å². The molecule has 0 saturated carbocycles. The van der Waals surface area contributed by atoms with Gasteiger partial charge >= 0.3 is 0 Å². The summed E-state index contributed by atoms with van der Waals surface area (Å²) < 4.78 is 5.59. The maximum absolute atomic E-state index is 12.2. The van der Waals surface area contributed by atoms with Crippen LogP contribution in [0.25, 0.3) is 0 Å². The summed E-state index contributed by atoms with van der Waals surface area (Å²) in [6, 6.07) is 13.4. The third-order valence-corrected chi connectivity index (χ3v) is 4.75. The summed E-state index contributed by atoms with van der Waals surface area (Å²) in [7, 11) is 0. The fourth-order valence-corrected chi connectivity index (χ4v) is 3.26. The number of fused-ring (bicyclic) bond motifs is 1. The number of ether oxygens (including phenoxy) is 1. The number of para-hydroxylation sites is 1. The van der Waals surface area contributed by atoms with Crippen LogP contribution in [-0.2, 0) is 16.0 Å². The highest BCUT2D eigenvalue weighted by molar-refractivity contribution is 5.97. The number of carbonyl (C=O) groups excluding carboxylic acids is 2. The molecule has 1 aliphatic rings. The van der Waals surface area contributed by atoms with Gasteiger partial charge in [0.2, 0.25) is 5.91 Å². The molecule has 0 saturated heterocycles. The maximum Gasteiger partial charge on any atom is 0.262 e. The molecular weight excluding hydrogens is 340 g/mol. The number of carbonyl (C=O) groups is 2. The molecule has 0 spiro atoms. The van der Waals surface area contributed by atoms with E-state index in [1.807, 2.05) is 54.3 Å². The second-order valence-electron chi connectivity index (χ2n) is 6.84. The zero-order chi connectivity index (χ0) is 19.2. The van der Waals surface area contributed by atoms with Crippen LogP contribution in [0.3, 0.4) is 0 Å². The van der Waals surface area contributed by atoms with Crippen LogP contribution in [0.2, 0.25) is 0 Å². The molecule has 0 unspecified atom stereocenters. The number of unbranched alkanes of at least 4 members (excludes halogenated alkanes) is 1. The highest BCUT2D eigenvalue weighted by Crippen LogP contribution is 2.30. The van der Waals surface area contributed by atoms with E-state index in [0.29, 0.717) is 18.6 Å². The Balaban J connectivity index is 1.64. The van der Waals surface area contributed by atoms with Gasteiger partial charge in [-0.15, -0.1) is 0 Å². The van der Waals surface area contributed by atoms with E-state index in [1.165, 1.54) is 0 Å². The van der Waals surface area contributed by atoms with Crippen molar-refractivity contribution in [3.63, 3.8) is 0 Å². The van der Waals surface area contributed by atoms with E-state index in [2.05, 4.69) is 12.2 Å². The van der Waals surface area contributed by atoms with Crippen LogP contribution in [0.15, 0.2) is 42.5 Å². The minimum atomic E-state index is -0.201. The van der Waals surface area contributed by atoms with Gasteiger partial charge in [0.25, 0.3) is 5.91 Å². The fraction of sp³-hybridized carbons (Fsp3) is 0.364. The first-order valence-corrected chi connectivity index (χ1v) is 9.50. The van der Waals surface area contributed by atoms with Gasteiger partial charge in [0, 0.05) is 24.3 Å². The summed E-state index contributed by atoms with van der Waals surface area (Å²) in [5.74, 6) is 0.690. The molecule has 1 aliphatic heterocycles. The second kappa shape index (κ2) is 8.71. The van der Waals surface area contributed by atoms with Crippen LogP contribution >= 0.6 is 0 Å². The van der Waals surface area contributed by atoms with Gasteiger partial charge in [0.1, 0.15) is 5.75 Å². The lowest BCUT2D eigenvalue weighted by Crippen LogP contribution is -2.35. The number of amides is 2. The Hall–Kier alpha value is -2.82. The standard InChI is InChI=1S/C22H26N2O3/c1-3-4-13-24-19-11-10-18(14-17(19)9-12-22(24)26)23-21(25)15-27-20-8-6-5-7-16(20)2/h5-8,10-11,14H,3-4,9,12-13,15H2,1-2H3,(H,23,25). The van der Waals surface area contributed by atoms with Crippen molar-refractivity contribution in [1.29, 1.82) is 0 Å². The zero-order valence-electron chi connectivity index (χ0n) is 16.0. The Labute approximate surface area is 160 Å². The van der Waals surface area contributed by atoms with Gasteiger partial charge in [-0.25, -0.2) is 0 Å². The van der Waals surface area contributed by atoms with Crippen LogP contribution in [0.4, 0.5) is 11.4 Å². The Bertz CT molecular complexity index is 832. The van der Waals surface area contributed by atoms with Crippen molar-refractivity contribution in [2.24, 2.45) is 0 Å². The van der Waals surface area contributed by atoms with Crippen LogP contribution in [0.1, 0.15) is 37.3 Å². The summed E-state index contributed by atoms with van der Waals surface area (Å²) >= 11 is 0. The second-order valence-corrected chi connectivity index (χ2v) is 6.84. The van der Waals surface area contributed by atoms with E-state index in [1.54, 1.807) is 0 Å². The molecule has 0 fully saturated rings. The van der Waals surface area contributed by atoms with E-state index in [4.69, 9.17) is 4.74 Å². The minimum Gasteiger partial charge on any atom is -0.483 e. The molecule has 1 heterocycles. The summed E-state index contributed by atoms with van der Waals surface area (Å²) in [6.07, 6.45) is 3.26. The predicted molar refractivity (Wildman–Crippen MR) is 107 cm³/mol. The average molecular weight is 366 g/mol. The van der Waals surface area contributed by atoms with Crippen molar-refractivity contribution in [3.8, 4) is 5.75 Å². The van der Waals surface area contributed by atoms with Crippen LogP contribution < -0.4 is 15.0 Å². The van der Waals surface area contributed by atoms with E-state index >= 15 is 0 Å². The molecule has 2 aromatic rings.